The molecule has 0 unspecified atom stereocenters. The predicted octanol–water partition coefficient (Wildman–Crippen LogP) is 0.762. The van der Waals surface area contributed by atoms with Crippen LogP contribution in [0.3, 0.4) is 0 Å². The van der Waals surface area contributed by atoms with Gasteiger partial charge in [0.1, 0.15) is 5.82 Å². The fraction of sp³-hybridized carbons (Fsp3) is 0.381. The van der Waals surface area contributed by atoms with Gasteiger partial charge in [-0.2, -0.15) is 4.31 Å². The van der Waals surface area contributed by atoms with E-state index in [-0.39, 0.29) is 16.8 Å². The van der Waals surface area contributed by atoms with Crippen LogP contribution in [0.25, 0.3) is 0 Å². The lowest BCUT2D eigenvalue weighted by atomic mass is 10.2. The van der Waals surface area contributed by atoms with Gasteiger partial charge in [-0.3, -0.25) is 4.79 Å². The number of nitrogens with one attached hydrogen (secondary N) is 1. The normalized spacial score (nSPS) is 17.1. The van der Waals surface area contributed by atoms with Crippen LogP contribution in [0.5, 0.6) is 0 Å². The second-order valence-corrected chi connectivity index (χ2v) is 9.36. The third kappa shape index (κ3) is 5.01. The van der Waals surface area contributed by atoms with Crippen LogP contribution in [0, 0.1) is 5.82 Å². The van der Waals surface area contributed by atoms with Gasteiger partial charge >= 0.3 is 0 Å². The zero-order valence-corrected chi connectivity index (χ0v) is 17.5. The molecule has 1 N–H and O–H groups in total. The van der Waals surface area contributed by atoms with E-state index in [2.05, 4.69) is 0 Å². The van der Waals surface area contributed by atoms with Crippen molar-refractivity contribution >= 4 is 15.9 Å². The molecule has 1 heterocycles. The molecule has 1 aliphatic rings. The second-order valence-electron chi connectivity index (χ2n) is 7.42. The third-order valence-corrected chi connectivity index (χ3v) is 7.31. The van der Waals surface area contributed by atoms with Gasteiger partial charge in [0.2, 0.25) is 10.0 Å². The van der Waals surface area contributed by atoms with Gasteiger partial charge in [0.25, 0.3) is 5.91 Å². The average molecular weight is 421 g/mol. The summed E-state index contributed by atoms with van der Waals surface area (Å²) in [5.41, 5.74) is 1.07. The van der Waals surface area contributed by atoms with Gasteiger partial charge in [0.05, 0.1) is 31.1 Å². The lowest BCUT2D eigenvalue weighted by molar-refractivity contribution is -0.918. The number of hydrogen-bond donors (Lipinski definition) is 1. The van der Waals surface area contributed by atoms with Crippen LogP contribution in [-0.2, 0) is 21.4 Å². The predicted molar refractivity (Wildman–Crippen MR) is 108 cm³/mol. The van der Waals surface area contributed by atoms with E-state index in [9.17, 15) is 17.6 Å². The maximum Gasteiger partial charge on any atom is 0.280 e. The van der Waals surface area contributed by atoms with Crippen LogP contribution >= 0.6 is 0 Å². The van der Waals surface area contributed by atoms with E-state index in [0.717, 1.165) is 16.5 Å². The van der Waals surface area contributed by atoms with Crippen LogP contribution in [0.15, 0.2) is 59.5 Å². The Labute approximate surface area is 171 Å². The van der Waals surface area contributed by atoms with Crippen molar-refractivity contribution in [2.75, 3.05) is 33.2 Å². The third-order valence-electron chi connectivity index (χ3n) is 5.42. The molecular weight excluding hydrogens is 393 g/mol. The molecule has 2 aromatic rings. The molecule has 0 aliphatic carbocycles. The molecule has 1 saturated heterocycles. The first-order valence-corrected chi connectivity index (χ1v) is 11.1. The van der Waals surface area contributed by atoms with Gasteiger partial charge in [-0.1, -0.05) is 36.4 Å². The van der Waals surface area contributed by atoms with E-state index >= 15 is 0 Å². The van der Waals surface area contributed by atoms with E-state index in [4.69, 9.17) is 0 Å². The number of amides is 1. The van der Waals surface area contributed by atoms with Gasteiger partial charge in [-0.15, -0.1) is 0 Å². The molecule has 29 heavy (non-hydrogen) atoms. The number of nitrogens with zero attached hydrogens (tertiary/aromatic N) is 2. The molecule has 2 aromatic carbocycles. The van der Waals surface area contributed by atoms with Crippen molar-refractivity contribution in [2.45, 2.75) is 24.4 Å². The molecule has 6 nitrogen and oxygen atoms in total. The topological polar surface area (TPSA) is 62.1 Å². The first-order valence-electron chi connectivity index (χ1n) is 9.68. The molecule has 0 aromatic heterocycles. The van der Waals surface area contributed by atoms with Crippen LogP contribution < -0.4 is 4.90 Å². The first-order chi connectivity index (χ1) is 13.8. The summed E-state index contributed by atoms with van der Waals surface area (Å²) in [7, 11) is -1.94. The van der Waals surface area contributed by atoms with Crippen molar-refractivity contribution < 1.29 is 22.5 Å². The number of piperazine rings is 1. The monoisotopic (exact) mass is 420 g/mol. The Hall–Kier alpha value is -2.29. The maximum absolute atomic E-state index is 13.4. The van der Waals surface area contributed by atoms with Crippen molar-refractivity contribution in [1.82, 2.24) is 9.21 Å². The van der Waals surface area contributed by atoms with E-state index in [1.54, 1.807) is 11.9 Å². The Morgan fingerprint density at radius 2 is 1.79 bits per heavy atom. The lowest BCUT2D eigenvalue weighted by Gasteiger charge is -2.35. The number of likely N-dealkylation sites (N-methyl/N-ethyl adjacent to an activating group) is 1. The van der Waals surface area contributed by atoms with E-state index in [0.29, 0.717) is 32.7 Å². The van der Waals surface area contributed by atoms with Crippen LogP contribution in [0.1, 0.15) is 12.5 Å². The van der Waals surface area contributed by atoms with Gasteiger partial charge in [-0.05, 0) is 30.7 Å². The Morgan fingerprint density at radius 1 is 1.14 bits per heavy atom. The number of carbonyl (C=O) groups excluding carboxylic acids is 1. The molecule has 1 atom stereocenters. The number of benzene rings is 2. The molecular formula is C21H27FN3O3S+. The Bertz CT molecular complexity index is 945. The summed E-state index contributed by atoms with van der Waals surface area (Å²) in [6.07, 6.45) is 0. The second kappa shape index (κ2) is 9.02. The van der Waals surface area contributed by atoms with Crippen LogP contribution in [0.4, 0.5) is 4.39 Å². The quantitative estimate of drug-likeness (QED) is 0.751. The number of halogens is 1. The summed E-state index contributed by atoms with van der Waals surface area (Å²) < 4.78 is 40.3. The highest BCUT2D eigenvalue weighted by atomic mass is 32.2. The van der Waals surface area contributed by atoms with Gasteiger partial charge < -0.3 is 9.80 Å². The van der Waals surface area contributed by atoms with Crippen molar-refractivity contribution in [3.8, 4) is 0 Å². The SMILES string of the molecule is C[C@H](C(=O)N(C)Cc1ccccc1)[NH+]1CCN(S(=O)(=O)c2cccc(F)c2)CC1. The molecule has 156 valence electrons. The average Bonchev–Trinajstić information content (AvgIpc) is 2.73. The molecule has 0 bridgehead atoms. The molecule has 1 amide bonds. The Kier molecular flexibility index (Phi) is 6.66. The molecule has 0 saturated carbocycles. The van der Waals surface area contributed by atoms with Crippen molar-refractivity contribution in [3.63, 3.8) is 0 Å². The number of quaternary nitrogens is 1. The molecule has 1 fully saturated rings. The number of carbonyl (C=O) groups is 1. The van der Waals surface area contributed by atoms with Crippen LogP contribution in [-0.4, -0.2) is 62.8 Å². The highest BCUT2D eigenvalue weighted by molar-refractivity contribution is 7.89. The molecule has 0 spiro atoms. The highest BCUT2D eigenvalue weighted by Gasteiger charge is 2.35. The van der Waals surface area contributed by atoms with Gasteiger partial charge in [-0.25, -0.2) is 12.8 Å². The number of hydrogen-bond acceptors (Lipinski definition) is 3. The molecule has 0 radical (unpaired) electrons. The van der Waals surface area contributed by atoms with Crippen molar-refractivity contribution in [3.05, 3.63) is 66.0 Å². The number of rotatable bonds is 6. The standard InChI is InChI=1S/C21H26FN3O3S/c1-17(21(26)23(2)16-18-7-4-3-5-8-18)24-11-13-25(14-12-24)29(27,28)20-10-6-9-19(22)15-20/h3-10,15,17H,11-14,16H2,1-2H3/p+1/t17-/m1/s1. The van der Waals surface area contributed by atoms with Crippen molar-refractivity contribution in [1.29, 1.82) is 0 Å². The summed E-state index contributed by atoms with van der Waals surface area (Å²) >= 11 is 0. The Morgan fingerprint density at radius 3 is 2.41 bits per heavy atom. The van der Waals surface area contributed by atoms with Gasteiger partial charge in [0.15, 0.2) is 6.04 Å². The molecule has 8 heteroatoms. The maximum atomic E-state index is 13.4. The summed E-state index contributed by atoms with van der Waals surface area (Å²) in [6, 6.07) is 14.6. The van der Waals surface area contributed by atoms with E-state index < -0.39 is 15.8 Å². The summed E-state index contributed by atoms with van der Waals surface area (Å²) in [5.74, 6) is -0.540. The minimum Gasteiger partial charge on any atom is -0.336 e. The summed E-state index contributed by atoms with van der Waals surface area (Å²) in [6.45, 7) is 4.08. The fourth-order valence-electron chi connectivity index (χ4n) is 3.66. The van der Waals surface area contributed by atoms with E-state index in [1.807, 2.05) is 37.3 Å². The minimum atomic E-state index is -3.73. The van der Waals surface area contributed by atoms with Crippen molar-refractivity contribution in [2.24, 2.45) is 0 Å². The Balaban J connectivity index is 1.59. The number of sulfonamides is 1. The zero-order valence-electron chi connectivity index (χ0n) is 16.7. The lowest BCUT2D eigenvalue weighted by Crippen LogP contribution is -3.19. The first kappa shape index (κ1) is 21.4. The smallest absolute Gasteiger partial charge is 0.280 e. The van der Waals surface area contributed by atoms with Gasteiger partial charge in [0, 0.05) is 13.6 Å². The van der Waals surface area contributed by atoms with E-state index in [1.165, 1.54) is 22.5 Å². The molecule has 1 aliphatic heterocycles. The molecule has 3 rings (SSSR count). The summed E-state index contributed by atoms with van der Waals surface area (Å²) in [4.78, 5) is 15.5. The summed E-state index contributed by atoms with van der Waals surface area (Å²) in [5, 5.41) is 0. The minimum absolute atomic E-state index is 0.0327. The highest BCUT2D eigenvalue weighted by Crippen LogP contribution is 2.16. The van der Waals surface area contributed by atoms with Crippen LogP contribution in [0.2, 0.25) is 0 Å². The zero-order chi connectivity index (χ0) is 21.0. The largest absolute Gasteiger partial charge is 0.336 e. The fourth-order valence-corrected chi connectivity index (χ4v) is 5.14.